The average Bonchev–Trinajstić information content (AvgIpc) is 3.15. The molecule has 0 saturated carbocycles. The first kappa shape index (κ1) is 51.4. The molecule has 0 fully saturated rings. The topological polar surface area (TPSA) is 151 Å². The third-order valence-electron chi connectivity index (χ3n) is 8.35. The van der Waals surface area contributed by atoms with Gasteiger partial charge in [-0.05, 0) is 70.3 Å². The summed E-state index contributed by atoms with van der Waals surface area (Å²) in [5.41, 5.74) is 5.33. The molecule has 0 spiro atoms. The Morgan fingerprint density at radius 2 is 1.15 bits per heavy atom. The highest BCUT2D eigenvalue weighted by Gasteiger charge is 2.25. The van der Waals surface area contributed by atoms with Gasteiger partial charge in [-0.1, -0.05) is 133 Å². The number of rotatable bonds is 38. The Morgan fingerprint density at radius 3 is 1.83 bits per heavy atom. The van der Waals surface area contributed by atoms with Crippen LogP contribution in [0.1, 0.15) is 162 Å². The highest BCUT2D eigenvalue weighted by atomic mass is 31.2. The fourth-order valence-corrected chi connectivity index (χ4v) is 5.99. The molecule has 0 aliphatic carbocycles. The number of unbranched alkanes of at least 4 members (excludes halogenated alkanes) is 14. The Labute approximate surface area is 327 Å². The van der Waals surface area contributed by atoms with Crippen molar-refractivity contribution >= 4 is 25.5 Å². The van der Waals surface area contributed by atoms with Gasteiger partial charge in [-0.15, -0.1) is 0 Å². The van der Waals surface area contributed by atoms with Crippen LogP contribution in [0.25, 0.3) is 0 Å². The van der Waals surface area contributed by atoms with E-state index in [0.717, 1.165) is 57.8 Å². The Bertz CT molecular complexity index is 1130. The van der Waals surface area contributed by atoms with E-state index in [1.54, 1.807) is 12.2 Å². The lowest BCUT2D eigenvalue weighted by molar-refractivity contribution is -0.161. The zero-order chi connectivity index (χ0) is 39.8. The van der Waals surface area contributed by atoms with E-state index in [2.05, 4.69) is 38.2 Å². The first-order valence-corrected chi connectivity index (χ1v) is 22.2. The summed E-state index contributed by atoms with van der Waals surface area (Å²) in [7, 11) is -4.41. The largest absolute Gasteiger partial charge is 0.472 e. The number of esters is 2. The monoisotopic (exact) mass is 780 g/mol. The zero-order valence-corrected chi connectivity index (χ0v) is 34.6. The van der Waals surface area contributed by atoms with Gasteiger partial charge >= 0.3 is 19.8 Å². The Hall–Kier alpha value is -2.62. The highest BCUT2D eigenvalue weighted by Crippen LogP contribution is 2.43. The molecular weight excluding hydrogens is 705 g/mol. The third kappa shape index (κ3) is 37.7. The Morgan fingerprint density at radius 1 is 0.611 bits per heavy atom. The fourth-order valence-electron chi connectivity index (χ4n) is 5.22. The van der Waals surface area contributed by atoms with Crippen molar-refractivity contribution in [3.63, 3.8) is 0 Å². The van der Waals surface area contributed by atoms with Gasteiger partial charge in [0.05, 0.1) is 13.2 Å². The van der Waals surface area contributed by atoms with Gasteiger partial charge in [-0.2, -0.15) is 0 Å². The molecule has 11 heteroatoms. The van der Waals surface area contributed by atoms with Crippen molar-refractivity contribution in [3.05, 3.63) is 60.8 Å². The van der Waals surface area contributed by atoms with Crippen molar-refractivity contribution in [1.82, 2.24) is 0 Å². The third-order valence-corrected chi connectivity index (χ3v) is 9.34. The molecule has 310 valence electrons. The molecule has 0 heterocycles. The summed E-state index contributed by atoms with van der Waals surface area (Å²) in [5.74, 6) is -0.773. The van der Waals surface area contributed by atoms with Crippen molar-refractivity contribution in [2.45, 2.75) is 168 Å². The van der Waals surface area contributed by atoms with E-state index in [4.69, 9.17) is 24.3 Å². The van der Waals surface area contributed by atoms with Gasteiger partial charge in [0.1, 0.15) is 6.61 Å². The molecule has 0 aliphatic heterocycles. The molecule has 0 aromatic rings. The van der Waals surface area contributed by atoms with Crippen molar-refractivity contribution in [1.29, 1.82) is 0 Å². The van der Waals surface area contributed by atoms with Crippen LogP contribution in [0, 0.1) is 0 Å². The summed E-state index contributed by atoms with van der Waals surface area (Å²) in [6, 6.07) is 0. The van der Waals surface area contributed by atoms with E-state index >= 15 is 0 Å². The Kier molecular flexibility index (Phi) is 36.8. The van der Waals surface area contributed by atoms with Crippen LogP contribution in [0.5, 0.6) is 0 Å². The number of phosphoric ester groups is 1. The molecule has 2 atom stereocenters. The standard InChI is InChI=1S/C43H74NO9P/c1-3-5-7-8-9-10-11-12-13-14-17-20-23-26-30-34-42(46)50-38-41(39-52-54(48,49)51-37-36-44)53-43(47)35-31-27-24-21-18-15-16-19-22-25-29-33-40(45)32-28-6-4-2/h10-11,15-16,21-22,24-25,29,33,41H,3-9,12-14,17-20,23,26-28,30-32,34-39,44H2,1-2H3,(H,48,49)/b11-10-,16-15-,24-21-,25-22-,33-29+/t41-/m1/s1. The van der Waals surface area contributed by atoms with Crippen LogP contribution in [-0.4, -0.2) is 55.1 Å². The van der Waals surface area contributed by atoms with Gasteiger partial charge in [0.15, 0.2) is 11.9 Å². The lowest BCUT2D eigenvalue weighted by Crippen LogP contribution is -2.29. The molecular formula is C43H74NO9P. The van der Waals surface area contributed by atoms with Gasteiger partial charge in [-0.25, -0.2) is 4.57 Å². The smallest absolute Gasteiger partial charge is 0.462 e. The van der Waals surface area contributed by atoms with Gasteiger partial charge in [0.25, 0.3) is 0 Å². The van der Waals surface area contributed by atoms with E-state index < -0.39 is 32.5 Å². The van der Waals surface area contributed by atoms with Gasteiger partial charge in [0, 0.05) is 25.8 Å². The fraction of sp³-hybridized carbons (Fsp3) is 0.698. The highest BCUT2D eigenvalue weighted by molar-refractivity contribution is 7.47. The van der Waals surface area contributed by atoms with E-state index in [1.807, 2.05) is 24.3 Å². The number of hydrogen-bond donors (Lipinski definition) is 2. The van der Waals surface area contributed by atoms with Crippen LogP contribution in [0.4, 0.5) is 0 Å². The summed E-state index contributed by atoms with van der Waals surface area (Å²) < 4.78 is 32.6. The quantitative estimate of drug-likeness (QED) is 0.0155. The van der Waals surface area contributed by atoms with Crippen LogP contribution < -0.4 is 5.73 Å². The number of ketones is 1. The number of ether oxygens (including phenoxy) is 2. The second kappa shape index (κ2) is 38.6. The first-order chi connectivity index (χ1) is 26.2. The van der Waals surface area contributed by atoms with Gasteiger partial charge in [-0.3, -0.25) is 23.4 Å². The Balaban J connectivity index is 4.34. The minimum atomic E-state index is -4.41. The SMILES string of the molecule is CCCCCC/C=C\CCCCCCCCCC(=O)OC[C@H](COP(=O)(O)OCCN)OC(=O)CCC/C=C\C/C=C\C/C=C\C=C\C(=O)CCCCC. The van der Waals surface area contributed by atoms with Crippen molar-refractivity contribution in [2.24, 2.45) is 5.73 Å². The predicted octanol–water partition coefficient (Wildman–Crippen LogP) is 10.9. The number of nitrogens with two attached hydrogens (primary N) is 1. The molecule has 0 amide bonds. The predicted molar refractivity (Wildman–Crippen MR) is 220 cm³/mol. The van der Waals surface area contributed by atoms with Crippen molar-refractivity contribution in [3.8, 4) is 0 Å². The normalized spacial score (nSPS) is 13.9. The molecule has 0 aliphatic rings. The summed E-state index contributed by atoms with van der Waals surface area (Å²) in [5, 5.41) is 0. The van der Waals surface area contributed by atoms with Crippen LogP contribution in [0.2, 0.25) is 0 Å². The second-order valence-electron chi connectivity index (χ2n) is 13.5. The second-order valence-corrected chi connectivity index (χ2v) is 15.0. The minimum absolute atomic E-state index is 0.0319. The van der Waals surface area contributed by atoms with E-state index in [1.165, 1.54) is 51.4 Å². The minimum Gasteiger partial charge on any atom is -0.462 e. The lowest BCUT2D eigenvalue weighted by Gasteiger charge is -2.19. The molecule has 3 N–H and O–H groups in total. The van der Waals surface area contributed by atoms with Gasteiger partial charge in [0.2, 0.25) is 0 Å². The van der Waals surface area contributed by atoms with Crippen LogP contribution in [0.3, 0.4) is 0 Å². The number of hydrogen-bond acceptors (Lipinski definition) is 9. The van der Waals surface area contributed by atoms with Crippen LogP contribution >= 0.6 is 7.82 Å². The molecule has 0 rings (SSSR count). The molecule has 54 heavy (non-hydrogen) atoms. The van der Waals surface area contributed by atoms with E-state index in [0.29, 0.717) is 25.7 Å². The number of carbonyl (C=O) groups is 3. The number of allylic oxidation sites excluding steroid dienone is 10. The molecule has 0 saturated heterocycles. The summed E-state index contributed by atoms with van der Waals surface area (Å²) in [4.78, 5) is 46.5. The number of carbonyl (C=O) groups excluding carboxylic acids is 3. The summed E-state index contributed by atoms with van der Waals surface area (Å²) in [6.45, 7) is 3.45. The zero-order valence-electron chi connectivity index (χ0n) is 33.7. The van der Waals surface area contributed by atoms with E-state index in [-0.39, 0.29) is 38.4 Å². The molecule has 0 aromatic carbocycles. The van der Waals surface area contributed by atoms with Crippen LogP contribution in [-0.2, 0) is 37.5 Å². The lowest BCUT2D eigenvalue weighted by atomic mass is 10.1. The van der Waals surface area contributed by atoms with E-state index in [9.17, 15) is 23.8 Å². The maximum Gasteiger partial charge on any atom is 0.472 e. The first-order valence-electron chi connectivity index (χ1n) is 20.7. The molecule has 1 unspecified atom stereocenters. The van der Waals surface area contributed by atoms with Crippen molar-refractivity contribution in [2.75, 3.05) is 26.4 Å². The molecule has 0 aromatic heterocycles. The maximum absolute atomic E-state index is 12.5. The molecule has 0 radical (unpaired) electrons. The summed E-state index contributed by atoms with van der Waals surface area (Å²) >= 11 is 0. The number of phosphoric acid groups is 1. The molecule has 10 nitrogen and oxygen atoms in total. The maximum atomic E-state index is 12.5. The van der Waals surface area contributed by atoms with Gasteiger partial charge < -0.3 is 20.1 Å². The summed E-state index contributed by atoms with van der Waals surface area (Å²) in [6.07, 6.45) is 40.9. The van der Waals surface area contributed by atoms with Crippen molar-refractivity contribution < 1.29 is 42.4 Å². The molecule has 0 bridgehead atoms. The average molecular weight is 780 g/mol. The van der Waals surface area contributed by atoms with Crippen LogP contribution in [0.15, 0.2) is 60.8 Å².